The Hall–Kier alpha value is -2.18. The van der Waals surface area contributed by atoms with Crippen LogP contribution in [0.25, 0.3) is 0 Å². The maximum Gasteiger partial charge on any atom is 0.254 e. The molecule has 0 fully saturated rings. The third kappa shape index (κ3) is 5.17. The van der Waals surface area contributed by atoms with Crippen LogP contribution in [-0.2, 0) is 13.0 Å². The predicted molar refractivity (Wildman–Crippen MR) is 115 cm³/mol. The molecule has 0 radical (unpaired) electrons. The first-order chi connectivity index (χ1) is 13.1. The van der Waals surface area contributed by atoms with Crippen LogP contribution in [0.1, 0.15) is 22.9 Å². The van der Waals surface area contributed by atoms with E-state index in [1.165, 1.54) is 9.09 Å². The highest BCUT2D eigenvalue weighted by molar-refractivity contribution is 8.01. The highest BCUT2D eigenvalue weighted by atomic mass is 32.2. The third-order valence-corrected chi connectivity index (χ3v) is 6.59. The van der Waals surface area contributed by atoms with Crippen molar-refractivity contribution >= 4 is 28.8 Å². The lowest BCUT2D eigenvalue weighted by molar-refractivity contribution is 0.321. The normalized spacial score (nSPS) is 10.9. The minimum Gasteiger partial charge on any atom is -0.493 e. The molecule has 0 saturated heterocycles. The summed E-state index contributed by atoms with van der Waals surface area (Å²) >= 11 is 3.67. The highest BCUT2D eigenvalue weighted by Crippen LogP contribution is 2.27. The van der Waals surface area contributed by atoms with Gasteiger partial charge < -0.3 is 15.0 Å². The van der Waals surface area contributed by atoms with Crippen molar-refractivity contribution in [3.8, 4) is 5.75 Å². The largest absolute Gasteiger partial charge is 0.493 e. The molecule has 27 heavy (non-hydrogen) atoms. The first-order valence-electron chi connectivity index (χ1n) is 8.95. The van der Waals surface area contributed by atoms with E-state index in [4.69, 9.17) is 10.5 Å². The summed E-state index contributed by atoms with van der Waals surface area (Å²) in [7, 11) is 0. The van der Waals surface area contributed by atoms with Crippen LogP contribution >= 0.6 is 23.1 Å². The highest BCUT2D eigenvalue weighted by Gasteiger charge is 2.06. The molecule has 2 heterocycles. The standard InChI is InChI=1S/C21H24N2O2S2/c1-3-26-21-8-7-18(27-21)10-12-25-17-9-11-23(20(24)13-17)14-16-5-4-6-19(22)15(16)2/h4-9,11,13H,3,10,12,14,22H2,1-2H3. The number of nitrogen functional groups attached to an aromatic ring is 1. The van der Waals surface area contributed by atoms with Crippen molar-refractivity contribution in [3.63, 3.8) is 0 Å². The van der Waals surface area contributed by atoms with E-state index in [2.05, 4.69) is 19.1 Å². The monoisotopic (exact) mass is 400 g/mol. The molecule has 4 nitrogen and oxygen atoms in total. The molecule has 6 heteroatoms. The molecule has 0 aliphatic carbocycles. The van der Waals surface area contributed by atoms with Crippen LogP contribution in [0.15, 0.2) is 57.7 Å². The zero-order valence-electron chi connectivity index (χ0n) is 15.6. The molecule has 0 atom stereocenters. The molecule has 0 amide bonds. The van der Waals surface area contributed by atoms with Crippen molar-refractivity contribution in [1.29, 1.82) is 0 Å². The lowest BCUT2D eigenvalue weighted by Gasteiger charge is -2.11. The molecule has 142 valence electrons. The second-order valence-electron chi connectivity index (χ2n) is 6.21. The number of thioether (sulfide) groups is 1. The smallest absolute Gasteiger partial charge is 0.254 e. The van der Waals surface area contributed by atoms with Gasteiger partial charge in [0.1, 0.15) is 5.75 Å². The number of benzene rings is 1. The summed E-state index contributed by atoms with van der Waals surface area (Å²) in [6, 6.07) is 13.5. The van der Waals surface area contributed by atoms with E-state index in [1.807, 2.05) is 54.3 Å². The van der Waals surface area contributed by atoms with Crippen molar-refractivity contribution in [2.75, 3.05) is 18.1 Å². The molecule has 0 spiro atoms. The summed E-state index contributed by atoms with van der Waals surface area (Å²) in [5, 5.41) is 0. The Morgan fingerprint density at radius 2 is 2.07 bits per heavy atom. The zero-order valence-corrected chi connectivity index (χ0v) is 17.2. The van der Waals surface area contributed by atoms with E-state index in [9.17, 15) is 4.79 Å². The van der Waals surface area contributed by atoms with E-state index in [0.29, 0.717) is 18.9 Å². The first-order valence-corrected chi connectivity index (χ1v) is 10.8. The molecule has 0 unspecified atom stereocenters. The molecule has 0 aliphatic heterocycles. The number of hydrogen-bond acceptors (Lipinski definition) is 5. The number of pyridine rings is 1. The van der Waals surface area contributed by atoms with Crippen molar-refractivity contribution < 1.29 is 4.74 Å². The maximum atomic E-state index is 12.4. The maximum absolute atomic E-state index is 12.4. The molecular formula is C21H24N2O2S2. The van der Waals surface area contributed by atoms with E-state index >= 15 is 0 Å². The van der Waals surface area contributed by atoms with Crippen molar-refractivity contribution in [2.45, 2.75) is 31.0 Å². The van der Waals surface area contributed by atoms with Crippen LogP contribution < -0.4 is 16.0 Å². The van der Waals surface area contributed by atoms with Crippen LogP contribution in [0.3, 0.4) is 0 Å². The van der Waals surface area contributed by atoms with E-state index < -0.39 is 0 Å². The van der Waals surface area contributed by atoms with E-state index in [1.54, 1.807) is 16.8 Å². The fourth-order valence-corrected chi connectivity index (χ4v) is 4.83. The SMILES string of the molecule is CCSc1ccc(CCOc2ccn(Cc3cccc(N)c3C)c(=O)c2)s1. The second kappa shape index (κ2) is 9.15. The fourth-order valence-electron chi connectivity index (χ4n) is 2.75. The fraction of sp³-hybridized carbons (Fsp3) is 0.286. The summed E-state index contributed by atoms with van der Waals surface area (Å²) in [5.74, 6) is 1.70. The first kappa shape index (κ1) is 19.6. The summed E-state index contributed by atoms with van der Waals surface area (Å²) in [6.45, 7) is 5.20. The number of ether oxygens (including phenoxy) is 1. The van der Waals surface area contributed by atoms with Crippen molar-refractivity contribution in [1.82, 2.24) is 4.57 Å². The van der Waals surface area contributed by atoms with E-state index in [0.717, 1.165) is 29.0 Å². The Morgan fingerprint density at radius 3 is 2.85 bits per heavy atom. The Kier molecular flexibility index (Phi) is 6.63. The molecule has 0 saturated carbocycles. The number of aromatic nitrogens is 1. The summed E-state index contributed by atoms with van der Waals surface area (Å²) in [4.78, 5) is 13.7. The molecule has 0 bridgehead atoms. The Morgan fingerprint density at radius 1 is 1.22 bits per heavy atom. The third-order valence-electron chi connectivity index (χ3n) is 4.34. The molecule has 2 N–H and O–H groups in total. The van der Waals surface area contributed by atoms with Crippen LogP contribution in [0.2, 0.25) is 0 Å². The predicted octanol–water partition coefficient (Wildman–Crippen LogP) is 4.58. The van der Waals surface area contributed by atoms with Gasteiger partial charge in [-0.15, -0.1) is 23.1 Å². The van der Waals surface area contributed by atoms with Gasteiger partial charge in [0.15, 0.2) is 0 Å². The van der Waals surface area contributed by atoms with Gasteiger partial charge in [0.2, 0.25) is 0 Å². The Bertz CT molecular complexity index is 963. The van der Waals surface area contributed by atoms with Gasteiger partial charge in [0.05, 0.1) is 17.4 Å². The van der Waals surface area contributed by atoms with Gasteiger partial charge in [0.25, 0.3) is 5.56 Å². The van der Waals surface area contributed by atoms with Gasteiger partial charge in [-0.05, 0) is 48.1 Å². The van der Waals surface area contributed by atoms with Crippen LogP contribution in [0, 0.1) is 6.92 Å². The summed E-state index contributed by atoms with van der Waals surface area (Å²) in [6.07, 6.45) is 2.63. The summed E-state index contributed by atoms with van der Waals surface area (Å²) < 4.78 is 8.78. The van der Waals surface area contributed by atoms with Gasteiger partial charge in [-0.2, -0.15) is 0 Å². The van der Waals surface area contributed by atoms with Crippen LogP contribution in [0.4, 0.5) is 5.69 Å². The van der Waals surface area contributed by atoms with Gasteiger partial charge in [0, 0.05) is 29.2 Å². The Labute approximate surface area is 168 Å². The van der Waals surface area contributed by atoms with Gasteiger partial charge in [-0.25, -0.2) is 0 Å². The number of nitrogens with two attached hydrogens (primary N) is 1. The van der Waals surface area contributed by atoms with Gasteiger partial charge in [-0.3, -0.25) is 4.79 Å². The minimum atomic E-state index is -0.0768. The zero-order chi connectivity index (χ0) is 19.2. The topological polar surface area (TPSA) is 57.2 Å². The Balaban J connectivity index is 1.59. The quantitative estimate of drug-likeness (QED) is 0.444. The average Bonchev–Trinajstić information content (AvgIpc) is 3.09. The lowest BCUT2D eigenvalue weighted by atomic mass is 10.1. The number of nitrogens with zero attached hydrogens (tertiary/aromatic N) is 1. The lowest BCUT2D eigenvalue weighted by Crippen LogP contribution is -2.20. The molecule has 3 rings (SSSR count). The second-order valence-corrected chi connectivity index (χ2v) is 8.94. The molecule has 0 aliphatic rings. The molecule has 3 aromatic rings. The van der Waals surface area contributed by atoms with Gasteiger partial charge in [-0.1, -0.05) is 19.1 Å². The minimum absolute atomic E-state index is 0.0768. The van der Waals surface area contributed by atoms with Crippen LogP contribution in [0.5, 0.6) is 5.75 Å². The van der Waals surface area contributed by atoms with Crippen molar-refractivity contribution in [2.24, 2.45) is 0 Å². The average molecular weight is 401 g/mol. The molecular weight excluding hydrogens is 376 g/mol. The van der Waals surface area contributed by atoms with E-state index in [-0.39, 0.29) is 5.56 Å². The number of anilines is 1. The number of hydrogen-bond donors (Lipinski definition) is 1. The number of thiophene rings is 1. The molecule has 1 aromatic carbocycles. The van der Waals surface area contributed by atoms with Gasteiger partial charge >= 0.3 is 0 Å². The summed E-state index contributed by atoms with van der Waals surface area (Å²) in [5.41, 5.74) is 8.68. The van der Waals surface area contributed by atoms with Crippen molar-refractivity contribution in [3.05, 3.63) is 75.0 Å². The number of rotatable bonds is 8. The molecule has 2 aromatic heterocycles. The van der Waals surface area contributed by atoms with Crippen LogP contribution in [-0.4, -0.2) is 16.9 Å².